The Bertz CT molecular complexity index is 2110. The molecular weight excluding hydrogens is 591 g/mol. The van der Waals surface area contributed by atoms with Gasteiger partial charge in [-0.1, -0.05) is 151 Å². The molecule has 1 nitrogen and oxygen atoms in total. The molecule has 0 saturated heterocycles. The number of aryl methyl sites for hydroxylation is 1. The fourth-order valence-electron chi connectivity index (χ4n) is 6.43. The molecule has 0 heterocycles. The van der Waals surface area contributed by atoms with Crippen molar-refractivity contribution in [2.75, 3.05) is 4.90 Å². The van der Waals surface area contributed by atoms with Crippen LogP contribution in [0.15, 0.2) is 187 Å². The van der Waals surface area contributed by atoms with E-state index >= 15 is 0 Å². The first-order valence-corrected chi connectivity index (χ1v) is 17.1. The van der Waals surface area contributed by atoms with Gasteiger partial charge in [-0.25, -0.2) is 0 Å². The topological polar surface area (TPSA) is 3.24 Å². The molecule has 1 aliphatic carbocycles. The van der Waals surface area contributed by atoms with Gasteiger partial charge in [0.25, 0.3) is 0 Å². The summed E-state index contributed by atoms with van der Waals surface area (Å²) in [6, 6.07) is 58.7. The van der Waals surface area contributed by atoms with Crippen LogP contribution in [0.1, 0.15) is 53.1 Å². The first-order valence-electron chi connectivity index (χ1n) is 17.1. The van der Waals surface area contributed by atoms with Gasteiger partial charge >= 0.3 is 0 Å². The highest BCUT2D eigenvalue weighted by molar-refractivity contribution is 5.93. The lowest BCUT2D eigenvalue weighted by atomic mass is 9.88. The Morgan fingerprint density at radius 1 is 0.429 bits per heavy atom. The molecule has 238 valence electrons. The van der Waals surface area contributed by atoms with E-state index in [2.05, 4.69) is 207 Å². The van der Waals surface area contributed by atoms with E-state index in [1.807, 2.05) is 0 Å². The molecule has 0 spiro atoms. The third kappa shape index (κ3) is 7.64. The summed E-state index contributed by atoms with van der Waals surface area (Å²) in [7, 11) is 0. The molecule has 0 radical (unpaired) electrons. The standard InChI is InChI=1S/C48H41N/c1-36-18-26-42(27-19-36)47(40-12-6-3-7-13-40)34-38-22-30-45(31-23-38)49(44-16-10-5-11-17-44)46-32-24-39(25-33-46)35-48(41-14-8-4-9-15-41)43-28-20-37(2)21-29-43/h3-20,22-28,30-35H,21,29H2,1-2H3. The number of allylic oxidation sites excluding steroid dienone is 5. The predicted octanol–water partition coefficient (Wildman–Crippen LogP) is 13.3. The van der Waals surface area contributed by atoms with Crippen LogP contribution in [0.5, 0.6) is 0 Å². The molecule has 0 aromatic heterocycles. The van der Waals surface area contributed by atoms with Gasteiger partial charge in [0.15, 0.2) is 0 Å². The van der Waals surface area contributed by atoms with Crippen LogP contribution in [0, 0.1) is 6.92 Å². The first-order chi connectivity index (χ1) is 24.1. The maximum absolute atomic E-state index is 2.34. The minimum absolute atomic E-state index is 1.06. The zero-order valence-corrected chi connectivity index (χ0v) is 28.3. The molecule has 0 bridgehead atoms. The molecule has 0 N–H and O–H groups in total. The molecule has 6 aromatic rings. The van der Waals surface area contributed by atoms with Crippen molar-refractivity contribution >= 4 is 40.4 Å². The van der Waals surface area contributed by atoms with Gasteiger partial charge < -0.3 is 4.90 Å². The van der Waals surface area contributed by atoms with Gasteiger partial charge in [-0.3, -0.25) is 0 Å². The van der Waals surface area contributed by atoms with E-state index in [9.17, 15) is 0 Å². The lowest BCUT2D eigenvalue weighted by Gasteiger charge is -2.25. The Morgan fingerprint density at radius 2 is 0.878 bits per heavy atom. The second-order valence-corrected chi connectivity index (χ2v) is 12.8. The van der Waals surface area contributed by atoms with Gasteiger partial charge in [0.1, 0.15) is 0 Å². The zero-order chi connectivity index (χ0) is 33.4. The number of benzene rings is 6. The van der Waals surface area contributed by atoms with Crippen molar-refractivity contribution in [3.05, 3.63) is 220 Å². The summed E-state index contributed by atoms with van der Waals surface area (Å²) in [5.41, 5.74) is 16.0. The maximum atomic E-state index is 2.34. The van der Waals surface area contributed by atoms with Gasteiger partial charge in [0.2, 0.25) is 0 Å². The van der Waals surface area contributed by atoms with Crippen LogP contribution in [0.25, 0.3) is 23.3 Å². The molecule has 0 aliphatic heterocycles. The first kappa shape index (κ1) is 31.7. The van der Waals surface area contributed by atoms with Crippen LogP contribution >= 0.6 is 0 Å². The number of hydrogen-bond acceptors (Lipinski definition) is 1. The maximum Gasteiger partial charge on any atom is 0.0462 e. The van der Waals surface area contributed by atoms with Crippen LogP contribution in [-0.2, 0) is 0 Å². The summed E-state index contributed by atoms with van der Waals surface area (Å²) < 4.78 is 0. The summed E-state index contributed by atoms with van der Waals surface area (Å²) in [4.78, 5) is 2.33. The van der Waals surface area contributed by atoms with Crippen LogP contribution < -0.4 is 4.90 Å². The Kier molecular flexibility index (Phi) is 9.62. The Morgan fingerprint density at radius 3 is 1.39 bits per heavy atom. The zero-order valence-electron chi connectivity index (χ0n) is 28.3. The second-order valence-electron chi connectivity index (χ2n) is 12.8. The molecule has 49 heavy (non-hydrogen) atoms. The number of rotatable bonds is 9. The molecular formula is C48H41N. The monoisotopic (exact) mass is 631 g/mol. The Hall–Kier alpha value is -5.92. The molecule has 0 amide bonds. The Labute approximate surface area is 291 Å². The molecule has 6 aromatic carbocycles. The molecule has 0 fully saturated rings. The van der Waals surface area contributed by atoms with Gasteiger partial charge in [-0.15, -0.1) is 0 Å². The smallest absolute Gasteiger partial charge is 0.0462 e. The van der Waals surface area contributed by atoms with E-state index in [1.165, 1.54) is 50.1 Å². The highest BCUT2D eigenvalue weighted by Crippen LogP contribution is 2.37. The largest absolute Gasteiger partial charge is 0.311 e. The lowest BCUT2D eigenvalue weighted by Crippen LogP contribution is -2.09. The quantitative estimate of drug-likeness (QED) is 0.144. The van der Waals surface area contributed by atoms with Crippen molar-refractivity contribution in [2.45, 2.75) is 26.7 Å². The van der Waals surface area contributed by atoms with Crippen LogP contribution in [0.4, 0.5) is 17.1 Å². The Balaban J connectivity index is 1.23. The summed E-state index contributed by atoms with van der Waals surface area (Å²) in [6.45, 7) is 4.35. The highest BCUT2D eigenvalue weighted by atomic mass is 15.1. The van der Waals surface area contributed by atoms with E-state index in [0.29, 0.717) is 0 Å². The lowest BCUT2D eigenvalue weighted by molar-refractivity contribution is 0.932. The summed E-state index contributed by atoms with van der Waals surface area (Å²) >= 11 is 0. The van der Waals surface area contributed by atoms with E-state index in [0.717, 1.165) is 35.5 Å². The number of anilines is 3. The summed E-state index contributed by atoms with van der Waals surface area (Å²) in [6.07, 6.45) is 11.4. The van der Waals surface area contributed by atoms with E-state index < -0.39 is 0 Å². The highest BCUT2D eigenvalue weighted by Gasteiger charge is 2.14. The van der Waals surface area contributed by atoms with Crippen molar-refractivity contribution < 1.29 is 0 Å². The van der Waals surface area contributed by atoms with E-state index in [4.69, 9.17) is 0 Å². The van der Waals surface area contributed by atoms with Gasteiger partial charge in [-0.2, -0.15) is 0 Å². The van der Waals surface area contributed by atoms with E-state index in [-0.39, 0.29) is 0 Å². The fraction of sp³-hybridized carbons (Fsp3) is 0.0833. The molecule has 1 aliphatic rings. The number of para-hydroxylation sites is 1. The van der Waals surface area contributed by atoms with Crippen LogP contribution in [0.3, 0.4) is 0 Å². The third-order valence-corrected chi connectivity index (χ3v) is 9.17. The van der Waals surface area contributed by atoms with Crippen molar-refractivity contribution in [2.24, 2.45) is 0 Å². The average molecular weight is 632 g/mol. The minimum Gasteiger partial charge on any atom is -0.311 e. The summed E-state index contributed by atoms with van der Waals surface area (Å²) in [5, 5.41) is 0. The third-order valence-electron chi connectivity index (χ3n) is 9.17. The summed E-state index contributed by atoms with van der Waals surface area (Å²) in [5.74, 6) is 0. The minimum atomic E-state index is 1.06. The molecule has 0 unspecified atom stereocenters. The van der Waals surface area contributed by atoms with Crippen LogP contribution in [0.2, 0.25) is 0 Å². The van der Waals surface area contributed by atoms with E-state index in [1.54, 1.807) is 0 Å². The van der Waals surface area contributed by atoms with Crippen molar-refractivity contribution in [3.8, 4) is 0 Å². The molecule has 0 saturated carbocycles. The van der Waals surface area contributed by atoms with Crippen LogP contribution in [-0.4, -0.2) is 0 Å². The SMILES string of the molecule is CC1=CC=C(C(=Cc2ccc(N(c3ccccc3)c3ccc(C=C(c4ccccc4)c4ccc(C)cc4)cc3)cc2)c2ccccc2)CC1. The predicted molar refractivity (Wildman–Crippen MR) is 211 cm³/mol. The number of hydrogen-bond donors (Lipinski definition) is 0. The second kappa shape index (κ2) is 14.9. The average Bonchev–Trinajstić information content (AvgIpc) is 3.16. The molecule has 7 rings (SSSR count). The number of nitrogens with zero attached hydrogens (tertiary/aromatic N) is 1. The normalized spacial score (nSPS) is 13.4. The van der Waals surface area contributed by atoms with Gasteiger partial charge in [-0.05, 0) is 120 Å². The van der Waals surface area contributed by atoms with Gasteiger partial charge in [0.05, 0.1) is 0 Å². The van der Waals surface area contributed by atoms with Crippen molar-refractivity contribution in [3.63, 3.8) is 0 Å². The van der Waals surface area contributed by atoms with Crippen molar-refractivity contribution in [1.82, 2.24) is 0 Å². The van der Waals surface area contributed by atoms with Crippen molar-refractivity contribution in [1.29, 1.82) is 0 Å². The molecule has 1 heteroatoms. The molecule has 0 atom stereocenters. The van der Waals surface area contributed by atoms with Gasteiger partial charge in [0, 0.05) is 17.1 Å². The fourth-order valence-corrected chi connectivity index (χ4v) is 6.43.